The molecule has 0 aliphatic carbocycles. The molecule has 0 radical (unpaired) electrons. The van der Waals surface area contributed by atoms with Crippen LogP contribution in [0.25, 0.3) is 11.1 Å². The highest BCUT2D eigenvalue weighted by molar-refractivity contribution is 5.93. The number of aromatic nitrogens is 2. The van der Waals surface area contributed by atoms with E-state index in [1.807, 2.05) is 6.92 Å². The Kier molecular flexibility index (Phi) is 3.70. The number of nitrogens with zero attached hydrogens (tertiary/aromatic N) is 1. The fourth-order valence-corrected chi connectivity index (χ4v) is 1.70. The van der Waals surface area contributed by atoms with Gasteiger partial charge in [0, 0.05) is 23.4 Å². The van der Waals surface area contributed by atoms with Crippen molar-refractivity contribution in [3.63, 3.8) is 0 Å². The van der Waals surface area contributed by atoms with Gasteiger partial charge < -0.3 is 14.9 Å². The topological polar surface area (TPSA) is 95.4 Å². The number of aromatic hydroxyl groups is 1. The van der Waals surface area contributed by atoms with Gasteiger partial charge in [-0.15, -0.1) is 0 Å². The van der Waals surface area contributed by atoms with Crippen LogP contribution in [0.5, 0.6) is 11.5 Å². The molecular formula is C13H14N2O4. The average molecular weight is 262 g/mol. The molecule has 0 atom stereocenters. The fraction of sp³-hybridized carbons (Fsp3) is 0.231. The predicted octanol–water partition coefficient (Wildman–Crippen LogP) is 2.27. The summed E-state index contributed by atoms with van der Waals surface area (Å²) in [5.41, 5.74) is 1.12. The summed E-state index contributed by atoms with van der Waals surface area (Å²) in [6, 6.07) is 2.70. The first-order chi connectivity index (χ1) is 9.13. The van der Waals surface area contributed by atoms with Crippen LogP contribution >= 0.6 is 0 Å². The monoisotopic (exact) mass is 262 g/mol. The van der Waals surface area contributed by atoms with Gasteiger partial charge >= 0.3 is 5.97 Å². The van der Waals surface area contributed by atoms with Crippen LogP contribution < -0.4 is 4.74 Å². The Morgan fingerprint density at radius 1 is 1.47 bits per heavy atom. The van der Waals surface area contributed by atoms with E-state index in [4.69, 9.17) is 9.84 Å². The van der Waals surface area contributed by atoms with Crippen LogP contribution in [0, 0.1) is 0 Å². The highest BCUT2D eigenvalue weighted by Crippen LogP contribution is 2.35. The molecule has 1 aromatic carbocycles. The third kappa shape index (κ3) is 2.67. The molecule has 2 aromatic rings. The van der Waals surface area contributed by atoms with Crippen LogP contribution in [0.3, 0.4) is 0 Å². The lowest BCUT2D eigenvalue weighted by molar-refractivity contribution is 0.0693. The number of benzene rings is 1. The molecule has 1 aromatic heterocycles. The van der Waals surface area contributed by atoms with Crippen LogP contribution in [-0.2, 0) is 0 Å². The standard InChI is InChI=1S/C13H14N2O4/c1-2-3-19-12-5-11(16)10(13(17)18)4-9(12)8-6-14-15-7-8/h4-7,16H,2-3H2,1H3,(H,14,15)(H,17,18). The first-order valence-electron chi connectivity index (χ1n) is 5.85. The number of phenols is 1. The molecule has 0 bridgehead atoms. The number of aromatic carboxylic acids is 1. The highest BCUT2D eigenvalue weighted by Gasteiger charge is 2.17. The summed E-state index contributed by atoms with van der Waals surface area (Å²) in [5.74, 6) is -1.07. The van der Waals surface area contributed by atoms with Crippen LogP contribution in [0.2, 0.25) is 0 Å². The zero-order valence-corrected chi connectivity index (χ0v) is 10.4. The van der Waals surface area contributed by atoms with Crippen molar-refractivity contribution in [3.05, 3.63) is 30.1 Å². The van der Waals surface area contributed by atoms with Gasteiger partial charge in [-0.2, -0.15) is 5.10 Å². The van der Waals surface area contributed by atoms with Crippen LogP contribution in [0.15, 0.2) is 24.5 Å². The molecular weight excluding hydrogens is 248 g/mol. The average Bonchev–Trinajstić information content (AvgIpc) is 2.89. The summed E-state index contributed by atoms with van der Waals surface area (Å²) in [6.07, 6.45) is 4.01. The third-order valence-electron chi connectivity index (χ3n) is 2.60. The van der Waals surface area contributed by atoms with E-state index in [1.165, 1.54) is 12.1 Å². The smallest absolute Gasteiger partial charge is 0.339 e. The molecule has 0 saturated carbocycles. The Morgan fingerprint density at radius 2 is 2.26 bits per heavy atom. The molecule has 0 aliphatic heterocycles. The first-order valence-corrected chi connectivity index (χ1v) is 5.85. The van der Waals surface area contributed by atoms with Crippen LogP contribution in [0.4, 0.5) is 0 Å². The van der Waals surface area contributed by atoms with Crippen LogP contribution in [0.1, 0.15) is 23.7 Å². The number of H-pyrrole nitrogens is 1. The molecule has 19 heavy (non-hydrogen) atoms. The quantitative estimate of drug-likeness (QED) is 0.768. The van der Waals surface area contributed by atoms with Gasteiger partial charge in [0.05, 0.1) is 12.8 Å². The van der Waals surface area contributed by atoms with Crippen molar-refractivity contribution in [2.75, 3.05) is 6.61 Å². The van der Waals surface area contributed by atoms with E-state index >= 15 is 0 Å². The summed E-state index contributed by atoms with van der Waals surface area (Å²) in [6.45, 7) is 2.44. The van der Waals surface area contributed by atoms with Crippen LogP contribution in [-0.4, -0.2) is 33.0 Å². The van der Waals surface area contributed by atoms with E-state index in [1.54, 1.807) is 12.4 Å². The van der Waals surface area contributed by atoms with Crippen molar-refractivity contribution >= 4 is 5.97 Å². The largest absolute Gasteiger partial charge is 0.507 e. The van der Waals surface area contributed by atoms with E-state index in [0.717, 1.165) is 6.42 Å². The summed E-state index contributed by atoms with van der Waals surface area (Å²) in [4.78, 5) is 11.0. The van der Waals surface area contributed by atoms with Crippen molar-refractivity contribution in [1.29, 1.82) is 0 Å². The lowest BCUT2D eigenvalue weighted by Gasteiger charge is -2.12. The molecule has 100 valence electrons. The van der Waals surface area contributed by atoms with Crippen molar-refractivity contribution in [1.82, 2.24) is 10.2 Å². The van der Waals surface area contributed by atoms with Gasteiger partial charge in [-0.25, -0.2) is 4.79 Å². The van der Waals surface area contributed by atoms with E-state index in [-0.39, 0.29) is 11.3 Å². The summed E-state index contributed by atoms with van der Waals surface area (Å²) < 4.78 is 5.53. The second kappa shape index (κ2) is 5.43. The zero-order chi connectivity index (χ0) is 13.8. The van der Waals surface area contributed by atoms with Gasteiger partial charge in [-0.05, 0) is 12.5 Å². The molecule has 0 spiro atoms. The minimum absolute atomic E-state index is 0.167. The number of rotatable bonds is 5. The predicted molar refractivity (Wildman–Crippen MR) is 68.4 cm³/mol. The highest BCUT2D eigenvalue weighted by atomic mass is 16.5. The van der Waals surface area contributed by atoms with E-state index in [9.17, 15) is 9.90 Å². The maximum Gasteiger partial charge on any atom is 0.339 e. The van der Waals surface area contributed by atoms with Gasteiger partial charge in [0.1, 0.15) is 17.1 Å². The molecule has 0 saturated heterocycles. The summed E-state index contributed by atoms with van der Waals surface area (Å²) in [7, 11) is 0. The zero-order valence-electron chi connectivity index (χ0n) is 10.4. The minimum Gasteiger partial charge on any atom is -0.507 e. The Balaban J connectivity index is 2.52. The molecule has 0 fully saturated rings. The second-order valence-corrected chi connectivity index (χ2v) is 4.01. The van der Waals surface area contributed by atoms with Gasteiger partial charge in [-0.1, -0.05) is 6.92 Å². The number of ether oxygens (including phenoxy) is 1. The normalized spacial score (nSPS) is 10.4. The van der Waals surface area contributed by atoms with Gasteiger partial charge in [0.25, 0.3) is 0 Å². The van der Waals surface area contributed by atoms with Crippen molar-refractivity contribution in [3.8, 4) is 22.6 Å². The molecule has 0 unspecified atom stereocenters. The lowest BCUT2D eigenvalue weighted by Crippen LogP contribution is -2.01. The Hall–Kier alpha value is -2.50. The van der Waals surface area contributed by atoms with E-state index in [0.29, 0.717) is 23.5 Å². The number of hydrogen-bond acceptors (Lipinski definition) is 4. The van der Waals surface area contributed by atoms with Crippen molar-refractivity contribution in [2.24, 2.45) is 0 Å². The summed E-state index contributed by atoms with van der Waals surface area (Å²) in [5, 5.41) is 25.2. The number of nitrogens with one attached hydrogen (secondary N) is 1. The number of hydrogen-bond donors (Lipinski definition) is 3. The molecule has 2 rings (SSSR count). The maximum absolute atomic E-state index is 11.0. The summed E-state index contributed by atoms with van der Waals surface area (Å²) >= 11 is 0. The van der Waals surface area contributed by atoms with Gasteiger partial charge in [0.15, 0.2) is 0 Å². The number of aromatic amines is 1. The molecule has 0 amide bonds. The van der Waals surface area contributed by atoms with Crippen molar-refractivity contribution in [2.45, 2.75) is 13.3 Å². The number of carboxylic acids is 1. The Bertz CT molecular complexity index is 579. The fourth-order valence-electron chi connectivity index (χ4n) is 1.70. The molecule has 6 heteroatoms. The SMILES string of the molecule is CCCOc1cc(O)c(C(=O)O)cc1-c1cn[nH]c1. The minimum atomic E-state index is -1.19. The molecule has 0 aliphatic rings. The van der Waals surface area contributed by atoms with Gasteiger partial charge in [0.2, 0.25) is 0 Å². The Labute approximate surface area is 109 Å². The van der Waals surface area contributed by atoms with E-state index in [2.05, 4.69) is 10.2 Å². The third-order valence-corrected chi connectivity index (χ3v) is 2.60. The second-order valence-electron chi connectivity index (χ2n) is 4.01. The lowest BCUT2D eigenvalue weighted by atomic mass is 10.0. The molecule has 1 heterocycles. The molecule has 6 nitrogen and oxygen atoms in total. The van der Waals surface area contributed by atoms with Crippen molar-refractivity contribution < 1.29 is 19.7 Å². The number of carboxylic acid groups (broad SMARTS) is 1. The van der Waals surface area contributed by atoms with E-state index < -0.39 is 5.97 Å². The first kappa shape index (κ1) is 12.9. The maximum atomic E-state index is 11.0. The Morgan fingerprint density at radius 3 is 2.84 bits per heavy atom. The van der Waals surface area contributed by atoms with Gasteiger partial charge in [-0.3, -0.25) is 5.10 Å². The molecule has 3 N–H and O–H groups in total. The number of carbonyl (C=O) groups is 1.